The van der Waals surface area contributed by atoms with Gasteiger partial charge in [-0.25, -0.2) is 0 Å². The fraction of sp³-hybridized carbons (Fsp3) is 0.769. The van der Waals surface area contributed by atoms with E-state index in [1.54, 1.807) is 18.1 Å². The largest absolute Gasteiger partial charge is 0.462 e. The van der Waals surface area contributed by atoms with Crippen molar-refractivity contribution in [2.24, 2.45) is 70.0 Å². The van der Waals surface area contributed by atoms with Crippen LogP contribution in [0.5, 0.6) is 0 Å². The van der Waals surface area contributed by atoms with Gasteiger partial charge >= 0.3 is 5.97 Å². The van der Waals surface area contributed by atoms with E-state index in [4.69, 9.17) is 4.74 Å². The highest BCUT2D eigenvalue weighted by molar-refractivity contribution is 5.66. The van der Waals surface area contributed by atoms with Crippen LogP contribution in [0.15, 0.2) is 47.6 Å². The predicted molar refractivity (Wildman–Crippen MR) is 167 cm³/mol. The Kier molecular flexibility index (Phi) is 6.44. The van der Waals surface area contributed by atoms with Crippen LogP contribution in [0.25, 0.3) is 0 Å². The highest BCUT2D eigenvalue weighted by Gasteiger charge is 2.63. The molecule has 14 atom stereocenters. The molecular formula is C39H54O3. The third kappa shape index (κ3) is 3.89. The number of hydrogen-bond acceptors (Lipinski definition) is 3. The average molecular weight is 571 g/mol. The van der Waals surface area contributed by atoms with Gasteiger partial charge < -0.3 is 9.84 Å². The van der Waals surface area contributed by atoms with E-state index >= 15 is 0 Å². The molecule has 0 aromatic rings. The Balaban J connectivity index is 1.10. The Labute approximate surface area is 254 Å². The van der Waals surface area contributed by atoms with Crippen molar-refractivity contribution in [2.75, 3.05) is 0 Å². The number of aliphatic hydroxyl groups is 1. The van der Waals surface area contributed by atoms with E-state index in [2.05, 4.69) is 57.2 Å². The first-order valence-electron chi connectivity index (χ1n) is 17.8. The molecule has 8 rings (SSSR count). The Bertz CT molecular complexity index is 1250. The molecule has 0 bridgehead atoms. The van der Waals surface area contributed by atoms with E-state index in [0.717, 1.165) is 42.4 Å². The molecule has 228 valence electrons. The summed E-state index contributed by atoms with van der Waals surface area (Å²) in [5.74, 6) is 6.75. The lowest BCUT2D eigenvalue weighted by atomic mass is 9.49. The second-order valence-corrected chi connectivity index (χ2v) is 16.9. The molecule has 0 aromatic carbocycles. The molecule has 0 radical (unpaired) electrons. The molecule has 0 saturated heterocycles. The molecule has 0 amide bonds. The molecule has 3 nitrogen and oxygen atoms in total. The Morgan fingerprint density at radius 2 is 1.57 bits per heavy atom. The molecule has 0 aliphatic heterocycles. The van der Waals surface area contributed by atoms with Gasteiger partial charge in [-0.15, -0.1) is 0 Å². The van der Waals surface area contributed by atoms with Crippen LogP contribution in [-0.2, 0) is 9.53 Å². The van der Waals surface area contributed by atoms with Crippen LogP contribution in [0, 0.1) is 70.0 Å². The van der Waals surface area contributed by atoms with Gasteiger partial charge in [-0.05, 0) is 160 Å². The molecular weight excluding hydrogens is 516 g/mol. The fourth-order valence-corrected chi connectivity index (χ4v) is 13.3. The summed E-state index contributed by atoms with van der Waals surface area (Å²) in [6.07, 6.45) is 29.6. The lowest BCUT2D eigenvalue weighted by Crippen LogP contribution is -2.51. The van der Waals surface area contributed by atoms with Crippen LogP contribution in [-0.4, -0.2) is 22.8 Å². The van der Waals surface area contributed by atoms with Crippen molar-refractivity contribution in [1.82, 2.24) is 0 Å². The van der Waals surface area contributed by atoms with Crippen LogP contribution in [0.1, 0.15) is 105 Å². The maximum atomic E-state index is 12.4. The minimum atomic E-state index is -0.512. The molecule has 4 fully saturated rings. The lowest BCUT2D eigenvalue weighted by molar-refractivity contribution is -0.155. The van der Waals surface area contributed by atoms with Gasteiger partial charge in [-0.2, -0.15) is 0 Å². The maximum absolute atomic E-state index is 12.4. The zero-order valence-corrected chi connectivity index (χ0v) is 26.6. The summed E-state index contributed by atoms with van der Waals surface area (Å²) in [7, 11) is 0. The highest BCUT2D eigenvalue weighted by atomic mass is 16.5. The number of fused-ring (bicyclic) bond motifs is 10. The monoisotopic (exact) mass is 570 g/mol. The van der Waals surface area contributed by atoms with Gasteiger partial charge in [-0.1, -0.05) is 50.3 Å². The average Bonchev–Trinajstić information content (AvgIpc) is 3.41. The first-order chi connectivity index (χ1) is 20.1. The number of esters is 1. The summed E-state index contributed by atoms with van der Waals surface area (Å²) >= 11 is 0. The quantitative estimate of drug-likeness (QED) is 0.338. The topological polar surface area (TPSA) is 46.5 Å². The molecule has 1 N–H and O–H groups in total. The van der Waals surface area contributed by atoms with E-state index in [1.165, 1.54) is 64.2 Å². The molecule has 0 spiro atoms. The van der Waals surface area contributed by atoms with E-state index in [1.807, 2.05) is 0 Å². The van der Waals surface area contributed by atoms with Crippen LogP contribution < -0.4 is 0 Å². The zero-order valence-electron chi connectivity index (χ0n) is 26.6. The van der Waals surface area contributed by atoms with Crippen LogP contribution in [0.3, 0.4) is 0 Å². The molecule has 8 aliphatic carbocycles. The summed E-state index contributed by atoms with van der Waals surface area (Å²) in [5, 5.41) is 11.4. The molecule has 0 aromatic heterocycles. The number of ether oxygens (including phenoxy) is 1. The first-order valence-corrected chi connectivity index (χ1v) is 17.8. The van der Waals surface area contributed by atoms with Gasteiger partial charge in [0, 0.05) is 12.3 Å². The van der Waals surface area contributed by atoms with E-state index in [9.17, 15) is 9.90 Å². The molecule has 8 unspecified atom stereocenters. The summed E-state index contributed by atoms with van der Waals surface area (Å²) in [4.78, 5) is 12.4. The second kappa shape index (κ2) is 9.69. The molecule has 4 saturated carbocycles. The minimum absolute atomic E-state index is 0.0585. The summed E-state index contributed by atoms with van der Waals surface area (Å²) in [5.41, 5.74) is 2.88. The lowest BCUT2D eigenvalue weighted by Gasteiger charge is -2.56. The number of rotatable bonds is 2. The van der Waals surface area contributed by atoms with Crippen molar-refractivity contribution < 1.29 is 14.6 Å². The smallest absolute Gasteiger partial charge is 0.302 e. The zero-order chi connectivity index (χ0) is 29.0. The number of carbonyl (C=O) groups is 1. The summed E-state index contributed by atoms with van der Waals surface area (Å²) in [6, 6.07) is 0. The van der Waals surface area contributed by atoms with Crippen LogP contribution in [0.2, 0.25) is 0 Å². The fourth-order valence-electron chi connectivity index (χ4n) is 13.3. The molecule has 3 heteroatoms. The first kappa shape index (κ1) is 27.9. The van der Waals surface area contributed by atoms with E-state index in [-0.39, 0.29) is 22.9 Å². The van der Waals surface area contributed by atoms with Crippen molar-refractivity contribution in [1.29, 1.82) is 0 Å². The van der Waals surface area contributed by atoms with Crippen LogP contribution >= 0.6 is 0 Å². The molecule has 42 heavy (non-hydrogen) atoms. The van der Waals surface area contributed by atoms with Crippen molar-refractivity contribution in [3.8, 4) is 0 Å². The Morgan fingerprint density at radius 3 is 2.38 bits per heavy atom. The third-order valence-corrected chi connectivity index (χ3v) is 15.5. The minimum Gasteiger partial charge on any atom is -0.462 e. The standard InChI is InChI=1S/C39H54O3/c1-23(40)42-35-22-33(36-31-14-12-24-7-5-6-8-27(24)28(31)15-18-37(35,36)2)26-10-9-25-11-13-30-29(32(25)21-26)16-19-38(3)34(30)17-20-39(38,4)41/h5,7,9-12,26-36,41H,6,8,13-22H2,1-4H3/t26?,27-,28?,29?,30?,31?,32-,33?,34?,35-,36?,37+,38-,39-/m0/s1. The third-order valence-electron chi connectivity index (χ3n) is 15.5. The highest BCUT2D eigenvalue weighted by Crippen LogP contribution is 2.67. The molecule has 8 aliphatic rings. The van der Waals surface area contributed by atoms with Gasteiger partial charge in [0.2, 0.25) is 0 Å². The molecule has 0 heterocycles. The van der Waals surface area contributed by atoms with Crippen molar-refractivity contribution in [3.05, 3.63) is 47.6 Å². The Hall–Kier alpha value is -1.61. The SMILES string of the molecule is CC(=O)O[C@H]1CC(C2C=CC3=CCC4C(CC[C@@]5(C)C4CC[C@]5(C)O)[C@H]3C2)C2C3CC=C4C=CCC[C@@H]4C3CC[C@@]21C. The number of hydrogen-bond donors (Lipinski definition) is 1. The summed E-state index contributed by atoms with van der Waals surface area (Å²) < 4.78 is 6.24. The van der Waals surface area contributed by atoms with Crippen molar-refractivity contribution in [3.63, 3.8) is 0 Å². The Morgan fingerprint density at radius 1 is 0.833 bits per heavy atom. The maximum Gasteiger partial charge on any atom is 0.302 e. The van der Waals surface area contributed by atoms with Gasteiger partial charge in [0.25, 0.3) is 0 Å². The van der Waals surface area contributed by atoms with Gasteiger partial charge in [0.05, 0.1) is 5.60 Å². The second-order valence-electron chi connectivity index (χ2n) is 16.9. The van der Waals surface area contributed by atoms with E-state index in [0.29, 0.717) is 29.6 Å². The van der Waals surface area contributed by atoms with Crippen LogP contribution in [0.4, 0.5) is 0 Å². The summed E-state index contributed by atoms with van der Waals surface area (Å²) in [6.45, 7) is 8.66. The van der Waals surface area contributed by atoms with Crippen molar-refractivity contribution in [2.45, 2.75) is 116 Å². The normalized spacial score (nSPS) is 53.9. The van der Waals surface area contributed by atoms with Gasteiger partial charge in [0.15, 0.2) is 0 Å². The predicted octanol–water partition coefficient (Wildman–Crippen LogP) is 8.60. The van der Waals surface area contributed by atoms with E-state index < -0.39 is 5.60 Å². The van der Waals surface area contributed by atoms with Gasteiger partial charge in [-0.3, -0.25) is 4.79 Å². The van der Waals surface area contributed by atoms with Crippen molar-refractivity contribution >= 4 is 5.97 Å². The number of allylic oxidation sites excluding steroid dienone is 8. The number of carbonyl (C=O) groups excluding carboxylic acids is 1. The van der Waals surface area contributed by atoms with Gasteiger partial charge in [0.1, 0.15) is 6.10 Å².